The third kappa shape index (κ3) is 4.64. The van der Waals surface area contributed by atoms with Crippen LogP contribution in [0, 0.1) is 0 Å². The lowest BCUT2D eigenvalue weighted by atomic mass is 9.36. The molecule has 3 aliphatic heterocycles. The molecule has 0 saturated heterocycles. The van der Waals surface area contributed by atoms with E-state index < -0.39 is 8.07 Å². The molecule has 0 unspecified atom stereocenters. The van der Waals surface area contributed by atoms with Crippen LogP contribution in [0.25, 0.3) is 11.1 Å². The average Bonchev–Trinajstić information content (AvgIpc) is 3.20. The first-order valence-corrected chi connectivity index (χ1v) is 22.0. The average molecular weight is 693 g/mol. The lowest BCUT2D eigenvalue weighted by Crippen LogP contribution is -2.79. The fourth-order valence-corrected chi connectivity index (χ4v) is 15.8. The van der Waals surface area contributed by atoms with Gasteiger partial charge in [0.15, 0.2) is 0 Å². The molecule has 51 heavy (non-hydrogen) atoms. The van der Waals surface area contributed by atoms with Crippen molar-refractivity contribution in [1.29, 1.82) is 0 Å². The molecule has 1 aliphatic carbocycles. The van der Waals surface area contributed by atoms with Gasteiger partial charge in [-0.3, -0.25) is 0 Å². The zero-order valence-corrected chi connectivity index (χ0v) is 31.2. The predicted molar refractivity (Wildman–Crippen MR) is 222 cm³/mol. The van der Waals surface area contributed by atoms with Gasteiger partial charge in [-0.25, -0.2) is 0 Å². The molecule has 0 aromatic heterocycles. The number of anilines is 4. The molecule has 0 radical (unpaired) electrons. The summed E-state index contributed by atoms with van der Waals surface area (Å²) in [5, 5.41) is 3.31. The third-order valence-corrected chi connectivity index (χ3v) is 18.7. The van der Waals surface area contributed by atoms with Crippen LogP contribution in [0.15, 0.2) is 161 Å². The highest BCUT2D eigenvalue weighted by Crippen LogP contribution is 2.51. The maximum absolute atomic E-state index is 2.60. The Hall–Kier alpha value is -4.71. The summed E-state index contributed by atoms with van der Waals surface area (Å²) >= 11 is 2.00. The summed E-state index contributed by atoms with van der Waals surface area (Å²) in [6.45, 7) is 5.14. The molecule has 248 valence electrons. The van der Waals surface area contributed by atoms with Crippen molar-refractivity contribution < 1.29 is 0 Å². The van der Waals surface area contributed by atoms with Gasteiger partial charge >= 0.3 is 0 Å². The Morgan fingerprint density at radius 3 is 1.92 bits per heavy atom. The second kappa shape index (κ2) is 12.2. The van der Waals surface area contributed by atoms with Crippen molar-refractivity contribution >= 4 is 76.1 Å². The minimum absolute atomic E-state index is 0.241. The van der Waals surface area contributed by atoms with E-state index in [1.54, 1.807) is 21.3 Å². The van der Waals surface area contributed by atoms with Gasteiger partial charge in [-0.1, -0.05) is 162 Å². The molecule has 6 aromatic rings. The zero-order chi connectivity index (χ0) is 34.1. The Bertz CT molecular complexity index is 2350. The lowest BCUT2D eigenvalue weighted by molar-refractivity contribution is 0.646. The number of hydrogen-bond acceptors (Lipinski definition) is 3. The van der Waals surface area contributed by atoms with Crippen LogP contribution in [0.2, 0.25) is 12.1 Å². The van der Waals surface area contributed by atoms with Crippen LogP contribution in [-0.2, 0) is 0 Å². The molecule has 0 N–H and O–H groups in total. The van der Waals surface area contributed by atoms with Gasteiger partial charge in [0, 0.05) is 32.6 Å². The summed E-state index contributed by atoms with van der Waals surface area (Å²) in [6, 6.07) is 55.6. The molecule has 4 aliphatic rings. The number of hydrogen-bond donors (Lipinski definition) is 0. The number of para-hydroxylation sites is 3. The SMILES string of the molecule is CC[Si]1(CC)c2ccc(-c3ccccc3)cc2B2c3ccc(N4C5=C(CCCC5)N(c5ccccc5)c5ccccc54)cc3Sc3cccc1c32. The van der Waals surface area contributed by atoms with Crippen molar-refractivity contribution in [2.24, 2.45) is 0 Å². The maximum atomic E-state index is 2.60. The molecule has 0 spiro atoms. The van der Waals surface area contributed by atoms with Crippen molar-refractivity contribution in [2.45, 2.75) is 61.4 Å². The summed E-state index contributed by atoms with van der Waals surface area (Å²) in [6.07, 6.45) is 4.62. The van der Waals surface area contributed by atoms with Gasteiger partial charge in [0.25, 0.3) is 0 Å². The predicted octanol–water partition coefficient (Wildman–Crippen LogP) is 9.33. The molecule has 0 fully saturated rings. The van der Waals surface area contributed by atoms with Gasteiger partial charge in [0.1, 0.15) is 8.07 Å². The molecule has 0 amide bonds. The Morgan fingerprint density at radius 2 is 1.22 bits per heavy atom. The highest BCUT2D eigenvalue weighted by Gasteiger charge is 2.48. The number of allylic oxidation sites excluding steroid dienone is 2. The van der Waals surface area contributed by atoms with Crippen LogP contribution >= 0.6 is 11.8 Å². The van der Waals surface area contributed by atoms with Gasteiger partial charge < -0.3 is 9.80 Å². The molecule has 3 heterocycles. The monoisotopic (exact) mass is 692 g/mol. The van der Waals surface area contributed by atoms with E-state index in [1.807, 2.05) is 11.8 Å². The normalized spacial score (nSPS) is 16.5. The van der Waals surface area contributed by atoms with Crippen LogP contribution < -0.4 is 36.6 Å². The molecule has 0 saturated carbocycles. The fraction of sp³-hybridized carbons (Fsp3) is 0.174. The number of rotatable bonds is 5. The van der Waals surface area contributed by atoms with Crippen molar-refractivity contribution in [2.75, 3.05) is 9.80 Å². The minimum atomic E-state index is -1.94. The minimum Gasteiger partial charge on any atom is -0.310 e. The van der Waals surface area contributed by atoms with Crippen molar-refractivity contribution in [3.63, 3.8) is 0 Å². The van der Waals surface area contributed by atoms with Gasteiger partial charge in [-0.2, -0.15) is 0 Å². The quantitative estimate of drug-likeness (QED) is 0.166. The second-order valence-electron chi connectivity index (χ2n) is 14.5. The molecule has 6 aromatic carbocycles. The van der Waals surface area contributed by atoms with Gasteiger partial charge in [0.2, 0.25) is 6.71 Å². The highest BCUT2D eigenvalue weighted by molar-refractivity contribution is 8.00. The topological polar surface area (TPSA) is 6.48 Å². The summed E-state index contributed by atoms with van der Waals surface area (Å²) in [5.74, 6) is 0. The van der Waals surface area contributed by atoms with Crippen LogP contribution in [-0.4, -0.2) is 14.8 Å². The van der Waals surface area contributed by atoms with E-state index in [2.05, 4.69) is 163 Å². The van der Waals surface area contributed by atoms with Gasteiger partial charge in [-0.05, 0) is 79.3 Å². The summed E-state index contributed by atoms with van der Waals surface area (Å²) < 4.78 is 0. The molecule has 0 atom stereocenters. The Morgan fingerprint density at radius 1 is 0.549 bits per heavy atom. The van der Waals surface area contributed by atoms with E-state index in [1.165, 1.54) is 85.5 Å². The van der Waals surface area contributed by atoms with Crippen LogP contribution in [0.3, 0.4) is 0 Å². The molecule has 5 heteroatoms. The first-order chi connectivity index (χ1) is 25.2. The third-order valence-electron chi connectivity index (χ3n) is 12.2. The van der Waals surface area contributed by atoms with Crippen molar-refractivity contribution in [3.8, 4) is 11.1 Å². The smallest absolute Gasteiger partial charge is 0.243 e. The largest absolute Gasteiger partial charge is 0.310 e. The van der Waals surface area contributed by atoms with Crippen LogP contribution in [0.1, 0.15) is 39.5 Å². The number of benzene rings is 6. The zero-order valence-electron chi connectivity index (χ0n) is 29.4. The summed E-state index contributed by atoms with van der Waals surface area (Å²) in [7, 11) is -1.94. The number of nitrogens with zero attached hydrogens (tertiary/aromatic N) is 2. The first kappa shape index (κ1) is 31.1. The Labute approximate surface area is 307 Å². The second-order valence-corrected chi connectivity index (χ2v) is 20.3. The van der Waals surface area contributed by atoms with Gasteiger partial charge in [0.05, 0.1) is 11.4 Å². The van der Waals surface area contributed by atoms with E-state index in [9.17, 15) is 0 Å². The van der Waals surface area contributed by atoms with Crippen molar-refractivity contribution in [1.82, 2.24) is 0 Å². The van der Waals surface area contributed by atoms with E-state index in [0.29, 0.717) is 0 Å². The van der Waals surface area contributed by atoms with E-state index in [-0.39, 0.29) is 6.71 Å². The lowest BCUT2D eigenvalue weighted by Gasteiger charge is -2.45. The maximum Gasteiger partial charge on any atom is 0.243 e. The summed E-state index contributed by atoms with van der Waals surface area (Å²) in [4.78, 5) is 7.97. The van der Waals surface area contributed by atoms with E-state index >= 15 is 0 Å². The molecule has 10 rings (SSSR count). The van der Waals surface area contributed by atoms with Crippen LogP contribution in [0.5, 0.6) is 0 Å². The van der Waals surface area contributed by atoms with Gasteiger partial charge in [-0.15, -0.1) is 0 Å². The number of fused-ring (bicyclic) bond motifs is 5. The summed E-state index contributed by atoms with van der Waals surface area (Å²) in [5.41, 5.74) is 15.2. The highest BCUT2D eigenvalue weighted by atomic mass is 32.2. The standard InChI is InChI=1S/C46H41BN2SSi/c1-3-51(4-2)44-29-26-33(32-16-7-5-8-17-32)30-37(44)47-36-28-27-35(31-43(36)50-42-24-15-25-45(51)46(42)47)49-40-22-13-11-20-38(40)48(34-18-9-6-10-19-34)39-21-12-14-23-41(39)49/h5-11,13,15-20,22,24-31H,3-4,12,14,21,23H2,1-2H3. The van der Waals surface area contributed by atoms with E-state index in [4.69, 9.17) is 0 Å². The Balaban J connectivity index is 1.16. The van der Waals surface area contributed by atoms with Crippen LogP contribution in [0.4, 0.5) is 22.7 Å². The fourth-order valence-electron chi connectivity index (χ4n) is 9.79. The molecule has 2 nitrogen and oxygen atoms in total. The molecular weight excluding hydrogens is 651 g/mol. The van der Waals surface area contributed by atoms with Crippen molar-refractivity contribution in [3.05, 3.63) is 151 Å². The first-order valence-electron chi connectivity index (χ1n) is 18.8. The molecular formula is C46H41BN2SSi. The Kier molecular flexibility index (Phi) is 7.44. The molecule has 0 bridgehead atoms. The van der Waals surface area contributed by atoms with E-state index in [0.717, 1.165) is 12.8 Å².